The van der Waals surface area contributed by atoms with Gasteiger partial charge in [0.05, 0.1) is 0 Å². The quantitative estimate of drug-likeness (QED) is 0.783. The summed E-state index contributed by atoms with van der Waals surface area (Å²) >= 11 is 5.91. The van der Waals surface area contributed by atoms with Gasteiger partial charge in [-0.05, 0) is 11.6 Å². The van der Waals surface area contributed by atoms with Crippen LogP contribution in [-0.4, -0.2) is 15.7 Å². The van der Waals surface area contributed by atoms with Crippen LogP contribution in [0.3, 0.4) is 0 Å². The second-order valence-corrected chi connectivity index (χ2v) is 4.65. The van der Waals surface area contributed by atoms with Gasteiger partial charge in [0.2, 0.25) is 0 Å². The lowest BCUT2D eigenvalue weighted by molar-refractivity contribution is 0.0981. The van der Waals surface area contributed by atoms with Crippen LogP contribution in [0.2, 0.25) is 0 Å². The van der Waals surface area contributed by atoms with E-state index in [4.69, 9.17) is 11.8 Å². The summed E-state index contributed by atoms with van der Waals surface area (Å²) in [7, 11) is 0. The summed E-state index contributed by atoms with van der Waals surface area (Å²) in [6, 6.07) is 11.0. The maximum absolute atomic E-state index is 12.1. The van der Waals surface area contributed by atoms with Crippen molar-refractivity contribution in [3.05, 3.63) is 59.4 Å². The van der Waals surface area contributed by atoms with E-state index in [-0.39, 0.29) is 11.6 Å². The van der Waals surface area contributed by atoms with Gasteiger partial charge < -0.3 is 0 Å². The van der Waals surface area contributed by atoms with Crippen molar-refractivity contribution in [1.82, 2.24) is 4.09 Å². The second-order valence-electron chi connectivity index (χ2n) is 4.29. The average molecular weight is 276 g/mol. The smallest absolute Gasteiger partial charge is 0.180 e. The molecule has 1 aromatic heterocycles. The van der Waals surface area contributed by atoms with Gasteiger partial charge in [-0.3, -0.25) is 13.7 Å². The minimum atomic E-state index is -0.0752. The fraction of sp³-hybridized carbons (Fsp3) is 0.200. The summed E-state index contributed by atoms with van der Waals surface area (Å²) in [5.41, 5.74) is 1.77. The Hall–Kier alpha value is -1.87. The molecule has 4 heteroatoms. The Morgan fingerprint density at radius 3 is 2.47 bits per heavy atom. The first-order valence-corrected chi connectivity index (χ1v) is 6.44. The van der Waals surface area contributed by atoms with Gasteiger partial charge in [0, 0.05) is 36.4 Å². The van der Waals surface area contributed by atoms with Crippen LogP contribution in [0.15, 0.2) is 42.6 Å². The molecule has 0 fully saturated rings. The molecule has 1 aromatic carbocycles. The molecule has 2 rings (SSSR count). The topological polar surface area (TPSA) is 39.1 Å². The highest BCUT2D eigenvalue weighted by Crippen LogP contribution is 2.15. The zero-order valence-corrected chi connectivity index (χ0v) is 11.4. The first kappa shape index (κ1) is 13.6. The maximum atomic E-state index is 12.1. The Kier molecular flexibility index (Phi) is 4.17. The molecule has 0 saturated heterocycles. The highest BCUT2D eigenvalue weighted by molar-refractivity contribution is 6.19. The fourth-order valence-electron chi connectivity index (χ4n) is 1.85. The van der Waals surface area contributed by atoms with Crippen molar-refractivity contribution in [2.24, 2.45) is 0 Å². The van der Waals surface area contributed by atoms with Gasteiger partial charge >= 0.3 is 0 Å². The van der Waals surface area contributed by atoms with Crippen LogP contribution in [0.5, 0.6) is 0 Å². The number of nitrogens with zero attached hydrogens (tertiary/aromatic N) is 1. The van der Waals surface area contributed by atoms with E-state index in [0.717, 1.165) is 5.56 Å². The standard InChI is InChI=1S/C15H14ClNO2/c1-2-14(18)13-9-12(10-17(13)16)15(19)8-11-6-4-3-5-7-11/h3-7,9-10H,2,8H2,1H3. The molecule has 0 spiro atoms. The monoisotopic (exact) mass is 275 g/mol. The molecule has 3 nitrogen and oxygen atoms in total. The fourth-order valence-corrected chi connectivity index (χ4v) is 2.10. The molecule has 19 heavy (non-hydrogen) atoms. The van der Waals surface area contributed by atoms with Crippen molar-refractivity contribution in [1.29, 1.82) is 0 Å². The summed E-state index contributed by atoms with van der Waals surface area (Å²) in [6.45, 7) is 1.76. The third-order valence-electron chi connectivity index (χ3n) is 2.91. The number of hydrogen-bond donors (Lipinski definition) is 0. The molecule has 0 aliphatic heterocycles. The number of aromatic nitrogens is 1. The Morgan fingerprint density at radius 1 is 1.16 bits per heavy atom. The molecular formula is C15H14ClNO2. The van der Waals surface area contributed by atoms with Crippen molar-refractivity contribution in [2.75, 3.05) is 0 Å². The van der Waals surface area contributed by atoms with E-state index in [9.17, 15) is 9.59 Å². The highest BCUT2D eigenvalue weighted by atomic mass is 35.5. The normalized spacial score (nSPS) is 10.4. The lowest BCUT2D eigenvalue weighted by Crippen LogP contribution is -2.02. The number of carbonyl (C=O) groups is 2. The summed E-state index contributed by atoms with van der Waals surface area (Å²) in [5.74, 6) is -0.121. The number of ketones is 2. The Balaban J connectivity index is 2.18. The van der Waals surface area contributed by atoms with E-state index >= 15 is 0 Å². The molecular weight excluding hydrogens is 262 g/mol. The van der Waals surface area contributed by atoms with Crippen molar-refractivity contribution in [3.63, 3.8) is 0 Å². The van der Waals surface area contributed by atoms with Crippen molar-refractivity contribution in [3.8, 4) is 0 Å². The zero-order chi connectivity index (χ0) is 13.8. The molecule has 0 amide bonds. The molecule has 0 unspecified atom stereocenters. The van der Waals surface area contributed by atoms with Gasteiger partial charge in [-0.25, -0.2) is 0 Å². The number of rotatable bonds is 5. The van der Waals surface area contributed by atoms with Crippen molar-refractivity contribution < 1.29 is 9.59 Å². The summed E-state index contributed by atoms with van der Waals surface area (Å²) < 4.78 is 1.20. The van der Waals surface area contributed by atoms with Crippen LogP contribution in [-0.2, 0) is 6.42 Å². The van der Waals surface area contributed by atoms with E-state index in [1.165, 1.54) is 10.3 Å². The lowest BCUT2D eigenvalue weighted by atomic mass is 10.0. The molecule has 98 valence electrons. The minimum absolute atomic E-state index is 0.0456. The largest absolute Gasteiger partial charge is 0.294 e. The summed E-state index contributed by atoms with van der Waals surface area (Å²) in [6.07, 6.45) is 2.17. The first-order valence-electron chi connectivity index (χ1n) is 6.10. The number of hydrogen-bond acceptors (Lipinski definition) is 2. The van der Waals surface area contributed by atoms with Gasteiger partial charge in [-0.1, -0.05) is 37.3 Å². The van der Waals surface area contributed by atoms with E-state index in [1.54, 1.807) is 13.0 Å². The number of carbonyl (C=O) groups excluding carboxylic acids is 2. The molecule has 0 aliphatic carbocycles. The Morgan fingerprint density at radius 2 is 1.84 bits per heavy atom. The Bertz CT molecular complexity index is 602. The number of benzene rings is 1. The van der Waals surface area contributed by atoms with Crippen molar-refractivity contribution in [2.45, 2.75) is 19.8 Å². The van der Waals surface area contributed by atoms with E-state index in [2.05, 4.69) is 0 Å². The molecule has 0 saturated carbocycles. The third-order valence-corrected chi connectivity index (χ3v) is 3.19. The van der Waals surface area contributed by atoms with Crippen LogP contribution in [0.25, 0.3) is 0 Å². The number of Topliss-reactive ketones (excluding diaryl/α,β-unsaturated/α-hetero) is 2. The lowest BCUT2D eigenvalue weighted by Gasteiger charge is -1.98. The maximum Gasteiger partial charge on any atom is 0.180 e. The van der Waals surface area contributed by atoms with Crippen molar-refractivity contribution >= 4 is 23.3 Å². The van der Waals surface area contributed by atoms with Gasteiger partial charge in [-0.2, -0.15) is 0 Å². The van der Waals surface area contributed by atoms with Crippen LogP contribution < -0.4 is 0 Å². The van der Waals surface area contributed by atoms with E-state index in [1.807, 2.05) is 30.3 Å². The SMILES string of the molecule is CCC(=O)c1cc(C(=O)Cc2ccccc2)cn1Cl. The van der Waals surface area contributed by atoms with E-state index < -0.39 is 0 Å². The van der Waals surface area contributed by atoms with Gasteiger partial charge in [-0.15, -0.1) is 0 Å². The number of halogens is 1. The highest BCUT2D eigenvalue weighted by Gasteiger charge is 2.15. The predicted molar refractivity (Wildman–Crippen MR) is 74.8 cm³/mol. The molecule has 0 radical (unpaired) electrons. The Labute approximate surface area is 116 Å². The molecule has 1 heterocycles. The van der Waals surface area contributed by atoms with Crippen LogP contribution >= 0.6 is 11.8 Å². The van der Waals surface area contributed by atoms with Gasteiger partial charge in [0.1, 0.15) is 5.69 Å². The van der Waals surface area contributed by atoms with Gasteiger partial charge in [0.25, 0.3) is 0 Å². The van der Waals surface area contributed by atoms with E-state index in [0.29, 0.717) is 24.1 Å². The zero-order valence-electron chi connectivity index (χ0n) is 10.6. The molecule has 0 N–H and O–H groups in total. The first-order chi connectivity index (χ1) is 9.11. The molecule has 0 atom stereocenters. The third kappa shape index (κ3) is 3.12. The summed E-state index contributed by atoms with van der Waals surface area (Å²) in [4.78, 5) is 23.7. The van der Waals surface area contributed by atoms with Gasteiger partial charge in [0.15, 0.2) is 11.6 Å². The van der Waals surface area contributed by atoms with Crippen LogP contribution in [0, 0.1) is 0 Å². The minimum Gasteiger partial charge on any atom is -0.294 e. The molecule has 0 bridgehead atoms. The average Bonchev–Trinajstić information content (AvgIpc) is 2.81. The summed E-state index contributed by atoms with van der Waals surface area (Å²) in [5, 5.41) is 0. The molecule has 0 aliphatic rings. The van der Waals surface area contributed by atoms with Crippen LogP contribution in [0.4, 0.5) is 0 Å². The predicted octanol–water partition coefficient (Wildman–Crippen LogP) is 3.51. The molecule has 2 aromatic rings. The van der Waals surface area contributed by atoms with Crippen LogP contribution in [0.1, 0.15) is 39.8 Å². The second kappa shape index (κ2) is 5.85.